The third kappa shape index (κ3) is 5.22. The van der Waals surface area contributed by atoms with Crippen LogP contribution in [-0.2, 0) is 4.79 Å². The molecule has 1 aliphatic rings. The van der Waals surface area contributed by atoms with E-state index in [1.165, 1.54) is 6.92 Å². The summed E-state index contributed by atoms with van der Waals surface area (Å²) >= 11 is 6.82. The summed E-state index contributed by atoms with van der Waals surface area (Å²) in [6, 6.07) is 7.20. The van der Waals surface area contributed by atoms with Gasteiger partial charge in [0.05, 0.1) is 16.0 Å². The molecule has 1 atom stereocenters. The van der Waals surface area contributed by atoms with Crippen LogP contribution in [0, 0.1) is 0 Å². The van der Waals surface area contributed by atoms with E-state index in [2.05, 4.69) is 10.3 Å². The molecule has 5 nitrogen and oxygen atoms in total. The molecule has 32 heavy (non-hydrogen) atoms. The highest BCUT2D eigenvalue weighted by Gasteiger charge is 2.42. The molecular formula is C22H23ClF3N3O2S. The smallest absolute Gasteiger partial charge is 0.290 e. The van der Waals surface area contributed by atoms with Crippen molar-refractivity contribution in [1.82, 2.24) is 9.88 Å². The Morgan fingerprint density at radius 1 is 1.38 bits per heavy atom. The molecule has 2 aromatic rings. The second-order valence-electron chi connectivity index (χ2n) is 7.32. The van der Waals surface area contributed by atoms with E-state index in [9.17, 15) is 23.1 Å². The van der Waals surface area contributed by atoms with Crippen LogP contribution in [-0.4, -0.2) is 51.9 Å². The minimum absolute atomic E-state index is 0.147. The van der Waals surface area contributed by atoms with Crippen LogP contribution >= 0.6 is 23.4 Å². The van der Waals surface area contributed by atoms with Gasteiger partial charge in [-0.15, -0.1) is 11.8 Å². The van der Waals surface area contributed by atoms with Gasteiger partial charge in [0.2, 0.25) is 0 Å². The summed E-state index contributed by atoms with van der Waals surface area (Å²) < 4.78 is 39.9. The number of carbonyl (C=O) groups is 1. The van der Waals surface area contributed by atoms with E-state index >= 15 is 0 Å². The first-order valence-corrected chi connectivity index (χ1v) is 11.4. The zero-order chi connectivity index (χ0) is 23.5. The average molecular weight is 486 g/mol. The van der Waals surface area contributed by atoms with Crippen LogP contribution in [0.15, 0.2) is 52.8 Å². The minimum Gasteiger partial charge on any atom is -0.384 e. The molecule has 0 aliphatic carbocycles. The number of allylic oxidation sites excluding steroid dienone is 1. The first kappa shape index (κ1) is 24.4. The zero-order valence-corrected chi connectivity index (χ0v) is 19.1. The highest BCUT2D eigenvalue weighted by atomic mass is 35.5. The van der Waals surface area contributed by atoms with Gasteiger partial charge in [-0.3, -0.25) is 9.78 Å². The van der Waals surface area contributed by atoms with Crippen molar-refractivity contribution in [2.75, 3.05) is 24.2 Å². The quantitative estimate of drug-likeness (QED) is 0.468. The van der Waals surface area contributed by atoms with E-state index in [1.54, 1.807) is 25.3 Å². The number of anilines is 1. The number of hydrogen-bond donors (Lipinski definition) is 2. The van der Waals surface area contributed by atoms with Gasteiger partial charge in [-0.1, -0.05) is 18.5 Å². The maximum absolute atomic E-state index is 14.0. The Balaban J connectivity index is 1.68. The van der Waals surface area contributed by atoms with Gasteiger partial charge >= 0.3 is 0 Å². The van der Waals surface area contributed by atoms with Crippen LogP contribution in [0.4, 0.5) is 18.9 Å². The van der Waals surface area contributed by atoms with Crippen LogP contribution in [0.3, 0.4) is 0 Å². The molecular weight excluding hydrogens is 463 g/mol. The Hall–Kier alpha value is -2.23. The number of amides is 1. The largest absolute Gasteiger partial charge is 0.384 e. The van der Waals surface area contributed by atoms with Crippen LogP contribution in [0.5, 0.6) is 0 Å². The van der Waals surface area contributed by atoms with Crippen molar-refractivity contribution in [3.05, 3.63) is 57.9 Å². The molecule has 0 bridgehead atoms. The maximum Gasteiger partial charge on any atom is 0.290 e. The molecule has 1 aromatic heterocycles. The monoisotopic (exact) mass is 485 g/mol. The van der Waals surface area contributed by atoms with Crippen molar-refractivity contribution in [2.45, 2.75) is 32.4 Å². The second-order valence-corrected chi connectivity index (χ2v) is 9.03. The summed E-state index contributed by atoms with van der Waals surface area (Å²) in [6.07, 6.45) is -0.0744. The van der Waals surface area contributed by atoms with Crippen molar-refractivity contribution in [3.8, 4) is 0 Å². The third-order valence-corrected chi connectivity index (χ3v) is 6.19. The first-order valence-electron chi connectivity index (χ1n) is 10.0. The molecule has 1 aliphatic heterocycles. The number of aromatic nitrogens is 1. The topological polar surface area (TPSA) is 65.5 Å². The Kier molecular flexibility index (Phi) is 7.74. The molecule has 0 saturated heterocycles. The summed E-state index contributed by atoms with van der Waals surface area (Å²) in [5.41, 5.74) is -0.352. The number of alkyl halides is 2. The van der Waals surface area contributed by atoms with Gasteiger partial charge in [-0.05, 0) is 49.4 Å². The average Bonchev–Trinajstić information content (AvgIpc) is 2.97. The molecule has 1 unspecified atom stereocenters. The highest BCUT2D eigenvalue weighted by Crippen LogP contribution is 2.38. The second kappa shape index (κ2) is 10.1. The number of rotatable bonds is 9. The standard InChI is InChI=1S/C22H23ClF3N3O2S/c1-3-32-19(18(24)20(25)26)15-12-22(2,31)29(21(15)30)10-4-8-27-16-7-9-28-17-11-13(23)5-6-14(16)17/h5-7,9,11-12,20,31H,3-4,8,10H2,1-2H3,(H,27,28)/b19-18-. The number of nitrogens with one attached hydrogen (secondary N) is 1. The number of hydrogen-bond acceptors (Lipinski definition) is 5. The van der Waals surface area contributed by atoms with Crippen LogP contribution in [0.1, 0.15) is 20.3 Å². The fraction of sp³-hybridized carbons (Fsp3) is 0.364. The number of aliphatic hydroxyl groups is 1. The van der Waals surface area contributed by atoms with Crippen molar-refractivity contribution >= 4 is 45.9 Å². The first-order chi connectivity index (χ1) is 15.2. The van der Waals surface area contributed by atoms with Gasteiger partial charge in [-0.2, -0.15) is 0 Å². The van der Waals surface area contributed by atoms with E-state index in [1.807, 2.05) is 12.1 Å². The van der Waals surface area contributed by atoms with Crippen LogP contribution < -0.4 is 5.32 Å². The molecule has 0 fully saturated rings. The fourth-order valence-corrected chi connectivity index (χ4v) is 4.49. The van der Waals surface area contributed by atoms with Crippen molar-refractivity contribution in [1.29, 1.82) is 0 Å². The molecule has 2 N–H and O–H groups in total. The van der Waals surface area contributed by atoms with Crippen LogP contribution in [0.2, 0.25) is 5.02 Å². The number of fused-ring (bicyclic) bond motifs is 1. The molecule has 0 radical (unpaired) electrons. The molecule has 3 rings (SSSR count). The van der Waals surface area contributed by atoms with Gasteiger partial charge in [0.15, 0.2) is 11.6 Å². The van der Waals surface area contributed by atoms with Gasteiger partial charge in [0.1, 0.15) is 0 Å². The number of carbonyl (C=O) groups excluding carboxylic acids is 1. The SMILES string of the molecule is CCS/C(C1=CC(C)(O)N(CCCNc2ccnc3cc(Cl)ccc23)C1=O)=C(\F)C(F)F. The Labute approximate surface area is 193 Å². The minimum atomic E-state index is -3.33. The van der Waals surface area contributed by atoms with Gasteiger partial charge in [0.25, 0.3) is 12.3 Å². The van der Waals surface area contributed by atoms with Gasteiger partial charge in [0, 0.05) is 35.4 Å². The normalized spacial score (nSPS) is 19.6. The van der Waals surface area contributed by atoms with E-state index < -0.39 is 28.8 Å². The maximum atomic E-state index is 14.0. The number of halogens is 4. The molecule has 1 amide bonds. The lowest BCUT2D eigenvalue weighted by Gasteiger charge is -2.29. The summed E-state index contributed by atoms with van der Waals surface area (Å²) in [7, 11) is 0. The lowest BCUT2D eigenvalue weighted by Crippen LogP contribution is -2.45. The Morgan fingerprint density at radius 3 is 2.81 bits per heavy atom. The van der Waals surface area contributed by atoms with Gasteiger partial charge < -0.3 is 15.3 Å². The van der Waals surface area contributed by atoms with Crippen molar-refractivity contribution in [3.63, 3.8) is 0 Å². The Morgan fingerprint density at radius 2 is 2.12 bits per heavy atom. The summed E-state index contributed by atoms with van der Waals surface area (Å²) in [6.45, 7) is 3.66. The summed E-state index contributed by atoms with van der Waals surface area (Å²) in [5.74, 6) is -2.02. The molecule has 2 heterocycles. The predicted molar refractivity (Wildman–Crippen MR) is 123 cm³/mol. The number of nitrogens with zero attached hydrogens (tertiary/aromatic N) is 2. The lowest BCUT2D eigenvalue weighted by molar-refractivity contribution is -0.139. The van der Waals surface area contributed by atoms with E-state index in [4.69, 9.17) is 11.6 Å². The molecule has 10 heteroatoms. The third-order valence-electron chi connectivity index (χ3n) is 4.96. The van der Waals surface area contributed by atoms with Crippen LogP contribution in [0.25, 0.3) is 10.9 Å². The molecule has 1 aromatic carbocycles. The lowest BCUT2D eigenvalue weighted by atomic mass is 10.2. The number of thioether (sulfide) groups is 1. The van der Waals surface area contributed by atoms with Crippen molar-refractivity contribution in [2.24, 2.45) is 0 Å². The van der Waals surface area contributed by atoms with Gasteiger partial charge in [-0.25, -0.2) is 13.2 Å². The highest BCUT2D eigenvalue weighted by molar-refractivity contribution is 8.03. The molecule has 0 spiro atoms. The zero-order valence-electron chi connectivity index (χ0n) is 17.5. The summed E-state index contributed by atoms with van der Waals surface area (Å²) in [5, 5.41) is 15.4. The number of benzene rings is 1. The number of pyridine rings is 1. The van der Waals surface area contributed by atoms with Crippen molar-refractivity contribution < 1.29 is 23.1 Å². The Bertz CT molecular complexity index is 1080. The summed E-state index contributed by atoms with van der Waals surface area (Å²) in [4.78, 5) is 17.8. The van der Waals surface area contributed by atoms with E-state index in [0.717, 1.165) is 39.3 Å². The predicted octanol–water partition coefficient (Wildman–Crippen LogP) is 5.37. The van der Waals surface area contributed by atoms with E-state index in [0.29, 0.717) is 23.7 Å². The van der Waals surface area contributed by atoms with E-state index in [-0.39, 0.29) is 12.1 Å². The molecule has 172 valence electrons. The fourth-order valence-electron chi connectivity index (χ4n) is 3.51. The molecule has 0 saturated carbocycles.